The summed E-state index contributed by atoms with van der Waals surface area (Å²) in [5, 5.41) is 2.21. The Balaban J connectivity index is 0.000000603. The van der Waals surface area contributed by atoms with Gasteiger partial charge in [0.2, 0.25) is 0 Å². The third kappa shape index (κ3) is 8.32. The van der Waals surface area contributed by atoms with Crippen molar-refractivity contribution in [2.24, 2.45) is 0 Å². The summed E-state index contributed by atoms with van der Waals surface area (Å²) < 4.78 is 56.4. The lowest BCUT2D eigenvalue weighted by Crippen LogP contribution is -2.27. The van der Waals surface area contributed by atoms with Crippen molar-refractivity contribution in [2.45, 2.75) is 33.8 Å². The molecule has 0 atom stereocenters. The van der Waals surface area contributed by atoms with Gasteiger partial charge in [-0.3, -0.25) is 14.9 Å². The maximum absolute atomic E-state index is 13.1. The molecule has 5 nitrogen and oxygen atoms in total. The molecule has 0 aromatic heterocycles. The van der Waals surface area contributed by atoms with E-state index < -0.39 is 40.5 Å². The number of nitrogens with one attached hydrogen (secondary N) is 1. The summed E-state index contributed by atoms with van der Waals surface area (Å²) in [6, 6.07) is 3.97. The summed E-state index contributed by atoms with van der Waals surface area (Å²) in [4.78, 5) is 32.0. The SMILES string of the molecule is C.CC(C)(C)OC(=O)Nc1cc(F)c(F)c(C=O)c1.O=Cc1cc(Br)cc(F)c1F. The van der Waals surface area contributed by atoms with Gasteiger partial charge >= 0.3 is 6.09 Å². The Hall–Kier alpha value is -2.75. The summed E-state index contributed by atoms with van der Waals surface area (Å²) in [6.07, 6.45) is -0.382. The number of carbonyl (C=O) groups is 3. The van der Waals surface area contributed by atoms with Gasteiger partial charge in [0.05, 0.1) is 11.1 Å². The number of hydrogen-bond donors (Lipinski definition) is 1. The second-order valence-electron chi connectivity index (χ2n) is 6.51. The molecule has 30 heavy (non-hydrogen) atoms. The van der Waals surface area contributed by atoms with Crippen LogP contribution in [0.5, 0.6) is 0 Å². The van der Waals surface area contributed by atoms with Crippen molar-refractivity contribution in [3.63, 3.8) is 0 Å². The molecule has 0 bridgehead atoms. The van der Waals surface area contributed by atoms with Crippen molar-refractivity contribution in [1.82, 2.24) is 0 Å². The van der Waals surface area contributed by atoms with E-state index in [1.807, 2.05) is 0 Å². The molecule has 1 amide bonds. The number of aldehydes is 2. The average Bonchev–Trinajstić information content (AvgIpc) is 2.59. The number of hydrogen-bond acceptors (Lipinski definition) is 4. The van der Waals surface area contributed by atoms with Crippen LogP contribution >= 0.6 is 15.9 Å². The van der Waals surface area contributed by atoms with E-state index in [4.69, 9.17) is 4.74 Å². The summed E-state index contributed by atoms with van der Waals surface area (Å²) in [6.45, 7) is 4.98. The molecule has 2 aromatic rings. The maximum atomic E-state index is 13.1. The van der Waals surface area contributed by atoms with Crippen LogP contribution in [0.15, 0.2) is 28.7 Å². The Morgan fingerprint density at radius 3 is 1.87 bits per heavy atom. The number of ether oxygens (including phenoxy) is 1. The van der Waals surface area contributed by atoms with E-state index in [0.717, 1.165) is 18.2 Å². The zero-order valence-electron chi connectivity index (χ0n) is 15.5. The van der Waals surface area contributed by atoms with Gasteiger partial charge in [0.15, 0.2) is 35.8 Å². The third-order valence-electron chi connectivity index (χ3n) is 2.98. The fraction of sp³-hybridized carbons (Fsp3) is 0.250. The van der Waals surface area contributed by atoms with Gasteiger partial charge in [0, 0.05) is 16.2 Å². The Morgan fingerprint density at radius 1 is 0.933 bits per heavy atom. The van der Waals surface area contributed by atoms with E-state index in [0.29, 0.717) is 4.47 Å². The average molecular weight is 494 g/mol. The molecule has 0 aliphatic carbocycles. The standard InChI is InChI=1S/C12H13F2NO3.C7H3BrF2O.CH4/c1-12(2,3)18-11(17)15-8-4-7(6-16)10(14)9(13)5-8;8-5-1-4(3-11)7(10)6(9)2-5;/h4-6H,1-3H3,(H,15,17);1-3H;1H4. The Morgan fingerprint density at radius 2 is 1.40 bits per heavy atom. The summed E-state index contributed by atoms with van der Waals surface area (Å²) in [7, 11) is 0. The molecular weight excluding hydrogens is 474 g/mol. The van der Waals surface area contributed by atoms with Crippen LogP contribution in [0.25, 0.3) is 0 Å². The molecule has 0 fully saturated rings. The monoisotopic (exact) mass is 493 g/mol. The zero-order chi connectivity index (χ0) is 22.4. The summed E-state index contributed by atoms with van der Waals surface area (Å²) in [5.41, 5.74) is -1.51. The van der Waals surface area contributed by atoms with E-state index in [2.05, 4.69) is 21.2 Å². The Bertz CT molecular complexity index is 930. The number of halogens is 5. The number of anilines is 1. The van der Waals surface area contributed by atoms with Crippen molar-refractivity contribution < 1.29 is 36.7 Å². The molecule has 1 N–H and O–H groups in total. The first kappa shape index (κ1) is 27.2. The highest BCUT2D eigenvalue weighted by Crippen LogP contribution is 2.19. The van der Waals surface area contributed by atoms with Crippen LogP contribution < -0.4 is 5.32 Å². The third-order valence-corrected chi connectivity index (χ3v) is 3.43. The minimum absolute atomic E-state index is 0. The van der Waals surface area contributed by atoms with Crippen LogP contribution in [0.4, 0.5) is 28.0 Å². The van der Waals surface area contributed by atoms with Gasteiger partial charge in [-0.15, -0.1) is 0 Å². The van der Waals surface area contributed by atoms with Gasteiger partial charge in [0.25, 0.3) is 0 Å². The molecule has 2 aromatic carbocycles. The second kappa shape index (κ2) is 11.4. The fourth-order valence-corrected chi connectivity index (χ4v) is 2.30. The molecule has 0 radical (unpaired) electrons. The maximum Gasteiger partial charge on any atom is 0.412 e. The molecule has 0 aliphatic heterocycles. The van der Waals surface area contributed by atoms with Crippen LogP contribution in [-0.4, -0.2) is 24.3 Å². The summed E-state index contributed by atoms with van der Waals surface area (Å²) in [5.74, 6) is -4.60. The van der Waals surface area contributed by atoms with Crippen LogP contribution in [0, 0.1) is 23.3 Å². The summed E-state index contributed by atoms with van der Waals surface area (Å²) >= 11 is 2.92. The number of carbonyl (C=O) groups excluding carboxylic acids is 3. The molecule has 0 heterocycles. The van der Waals surface area contributed by atoms with E-state index in [1.54, 1.807) is 20.8 Å². The normalized spacial score (nSPS) is 10.1. The quantitative estimate of drug-likeness (QED) is 0.309. The number of rotatable bonds is 3. The molecule has 0 saturated heterocycles. The molecule has 164 valence electrons. The van der Waals surface area contributed by atoms with Gasteiger partial charge in [-0.2, -0.15) is 0 Å². The minimum atomic E-state index is -1.25. The van der Waals surface area contributed by atoms with Crippen LogP contribution in [0.3, 0.4) is 0 Å². The number of amides is 1. The molecule has 2 rings (SSSR count). The highest BCUT2D eigenvalue weighted by molar-refractivity contribution is 9.10. The van der Waals surface area contributed by atoms with Crippen molar-refractivity contribution in [1.29, 1.82) is 0 Å². The van der Waals surface area contributed by atoms with Crippen LogP contribution in [-0.2, 0) is 4.74 Å². The van der Waals surface area contributed by atoms with Crippen molar-refractivity contribution >= 4 is 40.3 Å². The van der Waals surface area contributed by atoms with E-state index >= 15 is 0 Å². The van der Waals surface area contributed by atoms with Crippen LogP contribution in [0.1, 0.15) is 48.9 Å². The molecule has 10 heteroatoms. The van der Waals surface area contributed by atoms with Gasteiger partial charge in [-0.05, 0) is 39.0 Å². The molecule has 0 spiro atoms. The van der Waals surface area contributed by atoms with E-state index in [9.17, 15) is 31.9 Å². The topological polar surface area (TPSA) is 72.5 Å². The molecule has 0 aliphatic rings. The van der Waals surface area contributed by atoms with Gasteiger partial charge in [-0.1, -0.05) is 23.4 Å². The Kier molecular flexibility index (Phi) is 10.4. The predicted molar refractivity (Wildman–Crippen MR) is 108 cm³/mol. The van der Waals surface area contributed by atoms with E-state index in [1.165, 1.54) is 6.07 Å². The zero-order valence-corrected chi connectivity index (χ0v) is 17.1. The van der Waals surface area contributed by atoms with Crippen molar-refractivity contribution in [3.05, 3.63) is 63.1 Å². The molecule has 0 saturated carbocycles. The first-order valence-electron chi connectivity index (χ1n) is 7.92. The lowest BCUT2D eigenvalue weighted by Gasteiger charge is -2.19. The van der Waals surface area contributed by atoms with Crippen molar-refractivity contribution in [3.8, 4) is 0 Å². The van der Waals surface area contributed by atoms with E-state index in [-0.39, 0.29) is 31.2 Å². The smallest absolute Gasteiger partial charge is 0.412 e. The largest absolute Gasteiger partial charge is 0.444 e. The minimum Gasteiger partial charge on any atom is -0.444 e. The second-order valence-corrected chi connectivity index (χ2v) is 7.43. The predicted octanol–water partition coefficient (Wildman–Crippen LogP) is 6.30. The van der Waals surface area contributed by atoms with Gasteiger partial charge in [0.1, 0.15) is 5.60 Å². The first-order chi connectivity index (χ1) is 13.4. The van der Waals surface area contributed by atoms with Crippen molar-refractivity contribution in [2.75, 3.05) is 5.32 Å². The highest BCUT2D eigenvalue weighted by atomic mass is 79.9. The van der Waals surface area contributed by atoms with Crippen LogP contribution in [0.2, 0.25) is 0 Å². The molecular formula is C20H20BrF4NO4. The number of benzene rings is 2. The molecule has 0 unspecified atom stereocenters. The van der Waals surface area contributed by atoms with Gasteiger partial charge in [-0.25, -0.2) is 22.4 Å². The first-order valence-corrected chi connectivity index (χ1v) is 8.71. The Labute approximate surface area is 179 Å². The lowest BCUT2D eigenvalue weighted by molar-refractivity contribution is 0.0635. The highest BCUT2D eigenvalue weighted by Gasteiger charge is 2.17. The lowest BCUT2D eigenvalue weighted by atomic mass is 10.2. The fourth-order valence-electron chi connectivity index (χ4n) is 1.85. The van der Waals surface area contributed by atoms with Gasteiger partial charge < -0.3 is 4.74 Å².